The van der Waals surface area contributed by atoms with E-state index in [0.717, 1.165) is 12.1 Å². The van der Waals surface area contributed by atoms with Crippen molar-refractivity contribution in [3.63, 3.8) is 0 Å². The van der Waals surface area contributed by atoms with Crippen LogP contribution in [-0.2, 0) is 14.8 Å². The SMILES string of the molecule is CC(C)(NS(=O)(=O)c1ccccc1[N+](=O)[O-])C(N)=O. The Hall–Kier alpha value is -2.00. The van der Waals surface area contributed by atoms with Crippen LogP contribution in [0.4, 0.5) is 5.69 Å². The molecule has 0 aliphatic carbocycles. The number of nitrogens with zero attached hydrogens (tertiary/aromatic N) is 1. The van der Waals surface area contributed by atoms with Gasteiger partial charge in [0.2, 0.25) is 15.9 Å². The van der Waals surface area contributed by atoms with E-state index < -0.39 is 37.0 Å². The van der Waals surface area contributed by atoms with Crippen LogP contribution in [0.5, 0.6) is 0 Å². The lowest BCUT2D eigenvalue weighted by Gasteiger charge is -2.21. The van der Waals surface area contributed by atoms with Gasteiger partial charge in [0.15, 0.2) is 4.90 Å². The first-order valence-electron chi connectivity index (χ1n) is 5.15. The first-order chi connectivity index (χ1) is 8.58. The van der Waals surface area contributed by atoms with Crippen LogP contribution >= 0.6 is 0 Å². The van der Waals surface area contributed by atoms with Crippen LogP contribution < -0.4 is 10.5 Å². The highest BCUT2D eigenvalue weighted by atomic mass is 32.2. The van der Waals surface area contributed by atoms with Gasteiger partial charge < -0.3 is 5.73 Å². The zero-order valence-electron chi connectivity index (χ0n) is 10.3. The Kier molecular flexibility index (Phi) is 3.91. The van der Waals surface area contributed by atoms with Crippen LogP contribution in [0, 0.1) is 10.1 Å². The van der Waals surface area contributed by atoms with Gasteiger partial charge in [-0.3, -0.25) is 14.9 Å². The number of rotatable bonds is 5. The number of hydrogen-bond donors (Lipinski definition) is 2. The molecule has 0 atom stereocenters. The van der Waals surface area contributed by atoms with E-state index in [-0.39, 0.29) is 0 Å². The topological polar surface area (TPSA) is 132 Å². The Morgan fingerprint density at radius 1 is 1.37 bits per heavy atom. The molecule has 0 aromatic heterocycles. The maximum Gasteiger partial charge on any atom is 0.289 e. The first kappa shape index (κ1) is 15.1. The number of benzene rings is 1. The van der Waals surface area contributed by atoms with E-state index in [0.29, 0.717) is 0 Å². The normalized spacial score (nSPS) is 12.1. The van der Waals surface area contributed by atoms with Crippen LogP contribution in [0.3, 0.4) is 0 Å². The van der Waals surface area contributed by atoms with Crippen molar-refractivity contribution in [1.82, 2.24) is 4.72 Å². The fourth-order valence-corrected chi connectivity index (χ4v) is 2.83. The summed E-state index contributed by atoms with van der Waals surface area (Å²) in [7, 11) is -4.23. The first-order valence-corrected chi connectivity index (χ1v) is 6.63. The van der Waals surface area contributed by atoms with Gasteiger partial charge in [0.05, 0.1) is 4.92 Å². The Morgan fingerprint density at radius 2 is 1.89 bits per heavy atom. The molecule has 1 aromatic rings. The molecule has 0 radical (unpaired) electrons. The third-order valence-electron chi connectivity index (χ3n) is 2.36. The Morgan fingerprint density at radius 3 is 2.37 bits per heavy atom. The Bertz CT molecular complexity index is 624. The molecule has 0 bridgehead atoms. The molecule has 104 valence electrons. The number of primary amides is 1. The van der Waals surface area contributed by atoms with Crippen LogP contribution in [0.25, 0.3) is 0 Å². The molecule has 0 aliphatic heterocycles. The van der Waals surface area contributed by atoms with Crippen LogP contribution in [0.15, 0.2) is 29.2 Å². The molecular weight excluding hydrogens is 274 g/mol. The molecule has 0 aliphatic rings. The number of carbonyl (C=O) groups is 1. The lowest BCUT2D eigenvalue weighted by Crippen LogP contribution is -2.52. The smallest absolute Gasteiger partial charge is 0.289 e. The van der Waals surface area contributed by atoms with Crippen LogP contribution in [-0.4, -0.2) is 24.8 Å². The summed E-state index contributed by atoms with van der Waals surface area (Å²) in [4.78, 5) is 20.6. The van der Waals surface area contributed by atoms with Crippen molar-refractivity contribution in [3.05, 3.63) is 34.4 Å². The lowest BCUT2D eigenvalue weighted by molar-refractivity contribution is -0.387. The predicted molar refractivity (Wildman–Crippen MR) is 66.7 cm³/mol. The summed E-state index contributed by atoms with van der Waals surface area (Å²) in [5.74, 6) is -0.894. The van der Waals surface area contributed by atoms with E-state index in [9.17, 15) is 23.3 Å². The molecule has 19 heavy (non-hydrogen) atoms. The van der Waals surface area contributed by atoms with Gasteiger partial charge in [-0.05, 0) is 19.9 Å². The van der Waals surface area contributed by atoms with Gasteiger partial charge in [0, 0.05) is 6.07 Å². The second-order valence-corrected chi connectivity index (χ2v) is 5.97. The van der Waals surface area contributed by atoms with Crippen molar-refractivity contribution in [2.24, 2.45) is 5.73 Å². The molecule has 0 unspecified atom stereocenters. The molecule has 8 nitrogen and oxygen atoms in total. The Labute approximate surface area is 109 Å². The number of carbonyl (C=O) groups excluding carboxylic acids is 1. The zero-order valence-corrected chi connectivity index (χ0v) is 11.1. The average Bonchev–Trinajstić information content (AvgIpc) is 2.27. The van der Waals surface area contributed by atoms with E-state index in [1.807, 2.05) is 4.72 Å². The second-order valence-electron chi connectivity index (χ2n) is 4.32. The van der Waals surface area contributed by atoms with Crippen molar-refractivity contribution in [1.29, 1.82) is 0 Å². The fraction of sp³-hybridized carbons (Fsp3) is 0.300. The molecule has 1 amide bonds. The third-order valence-corrected chi connectivity index (χ3v) is 4.06. The highest BCUT2D eigenvalue weighted by Gasteiger charge is 2.34. The second kappa shape index (κ2) is 4.94. The molecule has 1 aromatic carbocycles. The van der Waals surface area contributed by atoms with Crippen molar-refractivity contribution < 1.29 is 18.1 Å². The van der Waals surface area contributed by atoms with E-state index >= 15 is 0 Å². The van der Waals surface area contributed by atoms with Gasteiger partial charge in [0.25, 0.3) is 5.69 Å². The quantitative estimate of drug-likeness (QED) is 0.587. The summed E-state index contributed by atoms with van der Waals surface area (Å²) in [6.45, 7) is 2.53. The number of amides is 1. The van der Waals surface area contributed by atoms with E-state index in [4.69, 9.17) is 5.73 Å². The minimum absolute atomic E-state index is 0.519. The minimum atomic E-state index is -4.23. The highest BCUT2D eigenvalue weighted by Crippen LogP contribution is 2.23. The lowest BCUT2D eigenvalue weighted by atomic mass is 10.1. The average molecular weight is 287 g/mol. The molecular formula is C10H13N3O5S. The van der Waals surface area contributed by atoms with Crippen LogP contribution in [0.1, 0.15) is 13.8 Å². The zero-order chi connectivity index (χ0) is 14.8. The van der Waals surface area contributed by atoms with Crippen molar-refractivity contribution >= 4 is 21.6 Å². The monoisotopic (exact) mass is 287 g/mol. The number of nitro groups is 1. The van der Waals surface area contributed by atoms with Gasteiger partial charge in [-0.25, -0.2) is 8.42 Å². The maximum atomic E-state index is 12.1. The van der Waals surface area contributed by atoms with E-state index in [1.165, 1.54) is 26.0 Å². The third kappa shape index (κ3) is 3.26. The predicted octanol–water partition coefficient (Wildman–Crippen LogP) is 0.137. The summed E-state index contributed by atoms with van der Waals surface area (Å²) in [5.41, 5.74) is 2.93. The Balaban J connectivity index is 3.30. The van der Waals surface area contributed by atoms with E-state index in [2.05, 4.69) is 0 Å². The minimum Gasteiger partial charge on any atom is -0.368 e. The standard InChI is InChI=1S/C10H13N3O5S/c1-10(2,9(11)14)12-19(17,18)8-6-4-3-5-7(8)13(15)16/h3-6,12H,1-2H3,(H2,11,14). The summed E-state index contributed by atoms with van der Waals surface area (Å²) in [6.07, 6.45) is 0. The molecule has 3 N–H and O–H groups in total. The molecule has 9 heteroatoms. The molecule has 0 saturated heterocycles. The van der Waals surface area contributed by atoms with Crippen molar-refractivity contribution in [2.45, 2.75) is 24.3 Å². The maximum absolute atomic E-state index is 12.1. The number of nitrogens with two attached hydrogens (primary N) is 1. The van der Waals surface area contributed by atoms with Gasteiger partial charge in [-0.2, -0.15) is 4.72 Å². The number of nitrogens with one attached hydrogen (secondary N) is 1. The molecule has 0 spiro atoms. The number of para-hydroxylation sites is 1. The van der Waals surface area contributed by atoms with Crippen molar-refractivity contribution in [3.8, 4) is 0 Å². The summed E-state index contributed by atoms with van der Waals surface area (Å²) in [6, 6.07) is 4.83. The van der Waals surface area contributed by atoms with Crippen molar-refractivity contribution in [2.75, 3.05) is 0 Å². The highest BCUT2D eigenvalue weighted by molar-refractivity contribution is 7.89. The van der Waals surface area contributed by atoms with E-state index in [1.54, 1.807) is 0 Å². The number of hydrogen-bond acceptors (Lipinski definition) is 5. The fourth-order valence-electron chi connectivity index (χ4n) is 1.28. The molecule has 0 heterocycles. The van der Waals surface area contributed by atoms with Crippen LogP contribution in [0.2, 0.25) is 0 Å². The number of sulfonamides is 1. The molecule has 0 saturated carbocycles. The largest absolute Gasteiger partial charge is 0.368 e. The molecule has 1 rings (SSSR count). The van der Waals surface area contributed by atoms with Gasteiger partial charge in [0.1, 0.15) is 5.54 Å². The van der Waals surface area contributed by atoms with Gasteiger partial charge in [-0.15, -0.1) is 0 Å². The van der Waals surface area contributed by atoms with Gasteiger partial charge in [-0.1, -0.05) is 12.1 Å². The van der Waals surface area contributed by atoms with Gasteiger partial charge >= 0.3 is 0 Å². The summed E-state index contributed by atoms with van der Waals surface area (Å²) >= 11 is 0. The number of nitro benzene ring substituents is 1. The summed E-state index contributed by atoms with van der Waals surface area (Å²) in [5, 5.41) is 10.8. The molecule has 0 fully saturated rings. The summed E-state index contributed by atoms with van der Waals surface area (Å²) < 4.78 is 26.1.